The molecule has 5 rings (SSSR count). The third-order valence-electron chi connectivity index (χ3n) is 5.40. The van der Waals surface area contributed by atoms with Gasteiger partial charge in [0, 0.05) is 34.3 Å². The highest BCUT2D eigenvalue weighted by atomic mass is 79.9. The summed E-state index contributed by atoms with van der Waals surface area (Å²) in [4.78, 5) is 28.7. The molecule has 4 aromatic rings. The first kappa shape index (κ1) is 23.5. The van der Waals surface area contributed by atoms with Gasteiger partial charge in [0.05, 0.1) is 19.0 Å². The minimum absolute atomic E-state index is 0.131. The Bertz CT molecular complexity index is 1330. The first-order valence-corrected chi connectivity index (χ1v) is 12.9. The van der Waals surface area contributed by atoms with Crippen LogP contribution in [0.15, 0.2) is 76.4 Å². The average Bonchev–Trinajstić information content (AvgIpc) is 2.90. The highest BCUT2D eigenvalue weighted by Crippen LogP contribution is 2.30. The molecule has 0 saturated carbocycles. The van der Waals surface area contributed by atoms with Gasteiger partial charge >= 0.3 is 0 Å². The summed E-state index contributed by atoms with van der Waals surface area (Å²) >= 11 is 4.85. The molecule has 35 heavy (non-hydrogen) atoms. The maximum Gasteiger partial charge on any atom is 0.234 e. The van der Waals surface area contributed by atoms with Gasteiger partial charge in [-0.2, -0.15) is 15.0 Å². The molecular formula is C25H23BrN6O2S. The Morgan fingerprint density at radius 2 is 1.69 bits per heavy atom. The number of hydrogen-bond acceptors (Lipinski definition) is 8. The summed E-state index contributed by atoms with van der Waals surface area (Å²) in [6, 6.07) is 21.5. The van der Waals surface area contributed by atoms with Gasteiger partial charge in [-0.15, -0.1) is 0 Å². The predicted molar refractivity (Wildman–Crippen MR) is 144 cm³/mol. The molecule has 8 nitrogen and oxygen atoms in total. The number of carbonyl (C=O) groups is 1. The fourth-order valence-electron chi connectivity index (χ4n) is 3.71. The van der Waals surface area contributed by atoms with Crippen LogP contribution in [0, 0.1) is 0 Å². The van der Waals surface area contributed by atoms with Crippen molar-refractivity contribution in [2.45, 2.75) is 5.16 Å². The molecule has 0 unspecified atom stereocenters. The highest BCUT2D eigenvalue weighted by molar-refractivity contribution is 9.10. The maximum absolute atomic E-state index is 12.8. The SMILES string of the molecule is O=C(CSc1nc(Nc2ccccc2)nc(N2CCOCC2)n1)Nc1ccc(Br)c2ccccc12. The minimum atomic E-state index is -0.131. The van der Waals surface area contributed by atoms with Crippen LogP contribution in [0.1, 0.15) is 0 Å². The summed E-state index contributed by atoms with van der Waals surface area (Å²) in [6.45, 7) is 2.66. The van der Waals surface area contributed by atoms with E-state index in [9.17, 15) is 4.79 Å². The summed E-state index contributed by atoms with van der Waals surface area (Å²) in [6.07, 6.45) is 0. The summed E-state index contributed by atoms with van der Waals surface area (Å²) in [5.74, 6) is 1.05. The number of para-hydroxylation sites is 1. The Morgan fingerprint density at radius 1 is 0.943 bits per heavy atom. The molecule has 2 N–H and O–H groups in total. The van der Waals surface area contributed by atoms with Crippen LogP contribution in [-0.4, -0.2) is 52.9 Å². The van der Waals surface area contributed by atoms with Crippen molar-refractivity contribution in [1.29, 1.82) is 0 Å². The molecule has 0 atom stereocenters. The molecule has 1 saturated heterocycles. The van der Waals surface area contributed by atoms with Gasteiger partial charge in [-0.25, -0.2) is 0 Å². The number of halogens is 1. The smallest absolute Gasteiger partial charge is 0.234 e. The molecular weight excluding hydrogens is 528 g/mol. The molecule has 0 spiro atoms. The van der Waals surface area contributed by atoms with Crippen LogP contribution in [0.4, 0.5) is 23.3 Å². The summed E-state index contributed by atoms with van der Waals surface area (Å²) < 4.78 is 6.45. The van der Waals surface area contributed by atoms with Gasteiger partial charge in [-0.3, -0.25) is 4.79 Å². The number of morpholine rings is 1. The van der Waals surface area contributed by atoms with E-state index in [0.29, 0.717) is 43.4 Å². The molecule has 0 bridgehead atoms. The Labute approximate surface area is 215 Å². The number of aromatic nitrogens is 3. The molecule has 0 radical (unpaired) electrons. The summed E-state index contributed by atoms with van der Waals surface area (Å²) in [7, 11) is 0. The van der Waals surface area contributed by atoms with E-state index < -0.39 is 0 Å². The van der Waals surface area contributed by atoms with Crippen LogP contribution in [0.3, 0.4) is 0 Å². The molecule has 1 aliphatic heterocycles. The van der Waals surface area contributed by atoms with E-state index in [4.69, 9.17) is 4.74 Å². The molecule has 1 fully saturated rings. The Morgan fingerprint density at radius 3 is 2.49 bits per heavy atom. The van der Waals surface area contributed by atoms with Gasteiger partial charge in [0.1, 0.15) is 0 Å². The standard InChI is InChI=1S/C25H23BrN6O2S/c26-20-10-11-21(19-9-5-4-8-18(19)20)28-22(33)16-35-25-30-23(27-17-6-2-1-3-7-17)29-24(31-25)32-12-14-34-15-13-32/h1-11H,12-16H2,(H,28,33)(H,27,29,30,31). The molecule has 0 aliphatic carbocycles. The third-order valence-corrected chi connectivity index (χ3v) is 6.94. The number of amides is 1. The quantitative estimate of drug-likeness (QED) is 0.307. The van der Waals surface area contributed by atoms with Crippen molar-refractivity contribution in [3.63, 3.8) is 0 Å². The monoisotopic (exact) mass is 550 g/mol. The number of carbonyl (C=O) groups excluding carboxylic acids is 1. The zero-order chi connectivity index (χ0) is 24.0. The van der Waals surface area contributed by atoms with E-state index in [1.807, 2.05) is 66.7 Å². The normalized spacial score (nSPS) is 13.6. The first-order chi connectivity index (χ1) is 17.2. The lowest BCUT2D eigenvalue weighted by molar-refractivity contribution is -0.113. The lowest BCUT2D eigenvalue weighted by atomic mass is 10.1. The topological polar surface area (TPSA) is 92.3 Å². The van der Waals surface area contributed by atoms with Gasteiger partial charge < -0.3 is 20.3 Å². The van der Waals surface area contributed by atoms with Crippen LogP contribution in [-0.2, 0) is 9.53 Å². The molecule has 1 aliphatic rings. The number of anilines is 4. The fraction of sp³-hybridized carbons (Fsp3) is 0.200. The zero-order valence-corrected chi connectivity index (χ0v) is 21.2. The number of thioether (sulfide) groups is 1. The van der Waals surface area contributed by atoms with E-state index in [2.05, 4.69) is 46.4 Å². The number of fused-ring (bicyclic) bond motifs is 1. The second kappa shape index (κ2) is 11.0. The van der Waals surface area contributed by atoms with E-state index in [0.717, 1.165) is 26.6 Å². The van der Waals surface area contributed by atoms with Gasteiger partial charge in [-0.1, -0.05) is 70.2 Å². The van der Waals surface area contributed by atoms with Gasteiger partial charge in [-0.05, 0) is 29.7 Å². The van der Waals surface area contributed by atoms with Crippen LogP contribution in [0.25, 0.3) is 10.8 Å². The van der Waals surface area contributed by atoms with Crippen molar-refractivity contribution in [2.24, 2.45) is 0 Å². The first-order valence-electron chi connectivity index (χ1n) is 11.2. The second-order valence-electron chi connectivity index (χ2n) is 7.81. The van der Waals surface area contributed by atoms with Crippen molar-refractivity contribution in [1.82, 2.24) is 15.0 Å². The van der Waals surface area contributed by atoms with Crippen molar-refractivity contribution in [3.8, 4) is 0 Å². The average molecular weight is 551 g/mol. The minimum Gasteiger partial charge on any atom is -0.378 e. The van der Waals surface area contributed by atoms with Crippen LogP contribution < -0.4 is 15.5 Å². The molecule has 10 heteroatoms. The molecule has 3 aromatic carbocycles. The number of ether oxygens (including phenoxy) is 1. The second-order valence-corrected chi connectivity index (χ2v) is 9.61. The van der Waals surface area contributed by atoms with E-state index in [-0.39, 0.29) is 11.7 Å². The number of nitrogens with zero attached hydrogens (tertiary/aromatic N) is 4. The number of benzene rings is 3. The predicted octanol–water partition coefficient (Wildman–Crippen LogP) is 5.10. The number of hydrogen-bond donors (Lipinski definition) is 2. The van der Waals surface area contributed by atoms with Gasteiger partial charge in [0.2, 0.25) is 17.8 Å². The van der Waals surface area contributed by atoms with Crippen molar-refractivity contribution in [3.05, 3.63) is 71.2 Å². The molecule has 1 aromatic heterocycles. The lowest BCUT2D eigenvalue weighted by Crippen LogP contribution is -2.37. The lowest BCUT2D eigenvalue weighted by Gasteiger charge is -2.27. The van der Waals surface area contributed by atoms with E-state index in [1.165, 1.54) is 11.8 Å². The third kappa shape index (κ3) is 5.90. The highest BCUT2D eigenvalue weighted by Gasteiger charge is 2.18. The largest absolute Gasteiger partial charge is 0.378 e. The van der Waals surface area contributed by atoms with Crippen LogP contribution in [0.2, 0.25) is 0 Å². The Kier molecular flexibility index (Phi) is 7.41. The van der Waals surface area contributed by atoms with Crippen molar-refractivity contribution in [2.75, 3.05) is 47.6 Å². The van der Waals surface area contributed by atoms with Crippen LogP contribution >= 0.6 is 27.7 Å². The Hall–Kier alpha value is -3.21. The van der Waals surface area contributed by atoms with Crippen molar-refractivity contribution >= 4 is 67.6 Å². The number of rotatable bonds is 7. The summed E-state index contributed by atoms with van der Waals surface area (Å²) in [5, 5.41) is 8.76. The summed E-state index contributed by atoms with van der Waals surface area (Å²) in [5.41, 5.74) is 1.65. The van der Waals surface area contributed by atoms with E-state index in [1.54, 1.807) is 0 Å². The van der Waals surface area contributed by atoms with E-state index >= 15 is 0 Å². The Balaban J connectivity index is 1.33. The molecule has 1 amide bonds. The number of nitrogens with one attached hydrogen (secondary N) is 2. The molecule has 2 heterocycles. The van der Waals surface area contributed by atoms with Gasteiger partial charge in [0.25, 0.3) is 0 Å². The molecule has 178 valence electrons. The van der Waals surface area contributed by atoms with Crippen LogP contribution in [0.5, 0.6) is 0 Å². The maximum atomic E-state index is 12.8. The zero-order valence-electron chi connectivity index (χ0n) is 18.8. The van der Waals surface area contributed by atoms with Gasteiger partial charge in [0.15, 0.2) is 5.16 Å². The fourth-order valence-corrected chi connectivity index (χ4v) is 4.82. The van der Waals surface area contributed by atoms with Crippen molar-refractivity contribution < 1.29 is 9.53 Å².